The molecule has 0 fully saturated rings. The van der Waals surface area contributed by atoms with Gasteiger partial charge in [-0.1, -0.05) is 23.7 Å². The number of methoxy groups -OCH3 is 1. The zero-order chi connectivity index (χ0) is 15.6. The van der Waals surface area contributed by atoms with Crippen molar-refractivity contribution in [3.63, 3.8) is 0 Å². The van der Waals surface area contributed by atoms with E-state index in [-0.39, 0.29) is 10.6 Å². The third-order valence-corrected chi connectivity index (χ3v) is 4.53. The van der Waals surface area contributed by atoms with Crippen LogP contribution in [0.5, 0.6) is 0 Å². The average Bonchev–Trinajstić information content (AvgIpc) is 2.80. The van der Waals surface area contributed by atoms with Crippen molar-refractivity contribution in [1.29, 1.82) is 0 Å². The molecule has 0 aliphatic heterocycles. The van der Waals surface area contributed by atoms with E-state index in [1.54, 1.807) is 30.3 Å². The number of sulfonamides is 1. The van der Waals surface area contributed by atoms with Crippen LogP contribution in [0.3, 0.4) is 0 Å². The summed E-state index contributed by atoms with van der Waals surface area (Å²) >= 11 is 6.98. The van der Waals surface area contributed by atoms with E-state index in [2.05, 4.69) is 9.46 Å². The van der Waals surface area contributed by atoms with E-state index in [1.807, 2.05) is 0 Å². The minimum absolute atomic E-state index is 0.202. The molecule has 2 aromatic rings. The fraction of sp³-hybridized carbons (Fsp3) is 0.154. The predicted octanol–water partition coefficient (Wildman–Crippen LogP) is 3.23. The molecule has 1 N–H and O–H groups in total. The second kappa shape index (κ2) is 6.05. The van der Waals surface area contributed by atoms with Gasteiger partial charge in [-0.15, -0.1) is 11.3 Å². The Bertz CT molecular complexity index is 766. The van der Waals surface area contributed by atoms with E-state index in [9.17, 15) is 13.2 Å². The lowest BCUT2D eigenvalue weighted by atomic mass is 10.2. The highest BCUT2D eigenvalue weighted by Gasteiger charge is 2.19. The molecule has 1 aromatic carbocycles. The fourth-order valence-corrected chi connectivity index (χ4v) is 3.46. The van der Waals surface area contributed by atoms with Crippen molar-refractivity contribution in [3.05, 3.63) is 40.2 Å². The van der Waals surface area contributed by atoms with E-state index in [4.69, 9.17) is 11.6 Å². The number of carbonyl (C=O) groups excluding carboxylic acids is 1. The van der Waals surface area contributed by atoms with Crippen LogP contribution in [-0.4, -0.2) is 27.8 Å². The second-order valence-electron chi connectivity index (χ2n) is 4.23. The van der Waals surface area contributed by atoms with E-state index >= 15 is 0 Å². The first-order valence-electron chi connectivity index (χ1n) is 5.76. The topological polar surface area (TPSA) is 72.5 Å². The van der Waals surface area contributed by atoms with E-state index < -0.39 is 16.0 Å². The number of hydrogen-bond acceptors (Lipinski definition) is 5. The number of halogens is 1. The Morgan fingerprint density at radius 1 is 1.29 bits per heavy atom. The Kier molecular flexibility index (Phi) is 4.55. The molecule has 21 heavy (non-hydrogen) atoms. The van der Waals surface area contributed by atoms with Crippen molar-refractivity contribution in [2.75, 3.05) is 18.1 Å². The van der Waals surface area contributed by atoms with E-state index in [0.717, 1.165) is 28.0 Å². The third-order valence-electron chi connectivity index (χ3n) is 2.53. The lowest BCUT2D eigenvalue weighted by Gasteiger charge is -2.03. The van der Waals surface area contributed by atoms with Gasteiger partial charge in [0.2, 0.25) is 10.0 Å². The minimum atomic E-state index is -3.49. The van der Waals surface area contributed by atoms with Gasteiger partial charge in [0.25, 0.3) is 0 Å². The van der Waals surface area contributed by atoms with Crippen molar-refractivity contribution in [1.82, 2.24) is 0 Å². The summed E-state index contributed by atoms with van der Waals surface area (Å²) in [7, 11) is -2.24. The van der Waals surface area contributed by atoms with Gasteiger partial charge in [-0.25, -0.2) is 13.2 Å². The second-order valence-corrected chi connectivity index (χ2v) is 7.46. The Balaban J connectivity index is 2.49. The molecule has 0 saturated heterocycles. The highest BCUT2D eigenvalue weighted by Crippen LogP contribution is 2.36. The highest BCUT2D eigenvalue weighted by atomic mass is 35.5. The predicted molar refractivity (Wildman–Crippen MR) is 84.6 cm³/mol. The van der Waals surface area contributed by atoms with Gasteiger partial charge in [0.15, 0.2) is 0 Å². The van der Waals surface area contributed by atoms with Crippen LogP contribution in [0.25, 0.3) is 10.4 Å². The number of hydrogen-bond donors (Lipinski definition) is 1. The minimum Gasteiger partial charge on any atom is -0.465 e. The van der Waals surface area contributed by atoms with Crippen molar-refractivity contribution in [3.8, 4) is 10.4 Å². The molecule has 8 heteroatoms. The van der Waals surface area contributed by atoms with E-state index in [0.29, 0.717) is 5.02 Å². The van der Waals surface area contributed by atoms with Crippen LogP contribution in [0.4, 0.5) is 5.69 Å². The van der Waals surface area contributed by atoms with Crippen molar-refractivity contribution in [2.24, 2.45) is 0 Å². The Hall–Kier alpha value is -1.57. The maximum atomic E-state index is 11.8. The Labute approximate surface area is 131 Å². The van der Waals surface area contributed by atoms with Crippen LogP contribution < -0.4 is 4.72 Å². The van der Waals surface area contributed by atoms with Crippen molar-refractivity contribution in [2.45, 2.75) is 0 Å². The van der Waals surface area contributed by atoms with Gasteiger partial charge in [-0.3, -0.25) is 4.72 Å². The monoisotopic (exact) mass is 345 g/mol. The number of rotatable bonds is 4. The summed E-state index contributed by atoms with van der Waals surface area (Å²) in [5.74, 6) is -0.591. The molecule has 0 atom stereocenters. The molecule has 1 aromatic heterocycles. The molecule has 0 unspecified atom stereocenters. The van der Waals surface area contributed by atoms with Gasteiger partial charge in [0, 0.05) is 9.90 Å². The van der Waals surface area contributed by atoms with Crippen LogP contribution in [0.2, 0.25) is 5.02 Å². The van der Waals surface area contributed by atoms with Gasteiger partial charge < -0.3 is 4.74 Å². The molecule has 0 amide bonds. The zero-order valence-corrected chi connectivity index (χ0v) is 13.6. The average molecular weight is 346 g/mol. The van der Waals surface area contributed by atoms with Gasteiger partial charge in [0.1, 0.15) is 4.88 Å². The molecule has 112 valence electrons. The van der Waals surface area contributed by atoms with Gasteiger partial charge in [0.05, 0.1) is 19.1 Å². The standard InChI is InChI=1S/C13H12ClNO4S2/c1-19-13(16)12-10(15-21(2,17)18)7-11(20-12)8-3-5-9(14)6-4-8/h3-7,15H,1-2H3. The van der Waals surface area contributed by atoms with Gasteiger partial charge in [-0.05, 0) is 23.8 Å². The highest BCUT2D eigenvalue weighted by molar-refractivity contribution is 7.92. The summed E-state index contributed by atoms with van der Waals surface area (Å²) < 4.78 is 29.8. The molecule has 0 bridgehead atoms. The SMILES string of the molecule is COC(=O)c1sc(-c2ccc(Cl)cc2)cc1NS(C)(=O)=O. The molecule has 1 heterocycles. The summed E-state index contributed by atoms with van der Waals surface area (Å²) in [5, 5.41) is 0.595. The Morgan fingerprint density at radius 3 is 2.43 bits per heavy atom. The van der Waals surface area contributed by atoms with Crippen molar-refractivity contribution >= 4 is 44.6 Å². The summed E-state index contributed by atoms with van der Waals surface area (Å²) in [6.07, 6.45) is 1.02. The van der Waals surface area contributed by atoms with Gasteiger partial charge >= 0.3 is 5.97 Å². The lowest BCUT2D eigenvalue weighted by molar-refractivity contribution is 0.0607. The van der Waals surface area contributed by atoms with Crippen LogP contribution in [0.15, 0.2) is 30.3 Å². The molecule has 5 nitrogen and oxygen atoms in total. The maximum absolute atomic E-state index is 11.8. The lowest BCUT2D eigenvalue weighted by Crippen LogP contribution is -2.12. The van der Waals surface area contributed by atoms with Crippen LogP contribution in [0, 0.1) is 0 Å². The summed E-state index contributed by atoms with van der Waals surface area (Å²) in [4.78, 5) is 12.7. The first-order chi connectivity index (χ1) is 9.80. The molecular weight excluding hydrogens is 334 g/mol. The van der Waals surface area contributed by atoms with Crippen molar-refractivity contribution < 1.29 is 17.9 Å². The number of anilines is 1. The number of ether oxygens (including phenoxy) is 1. The van der Waals surface area contributed by atoms with Gasteiger partial charge in [-0.2, -0.15) is 0 Å². The Morgan fingerprint density at radius 2 is 1.90 bits per heavy atom. The molecule has 2 rings (SSSR count). The molecule has 0 saturated carbocycles. The summed E-state index contributed by atoms with van der Waals surface area (Å²) in [6, 6.07) is 8.62. The number of nitrogens with one attached hydrogen (secondary N) is 1. The quantitative estimate of drug-likeness (QED) is 0.863. The maximum Gasteiger partial charge on any atom is 0.350 e. The normalized spacial score (nSPS) is 11.2. The largest absolute Gasteiger partial charge is 0.465 e. The molecule has 0 aliphatic rings. The smallest absolute Gasteiger partial charge is 0.350 e. The first-order valence-corrected chi connectivity index (χ1v) is 8.84. The van der Waals surface area contributed by atoms with E-state index in [1.165, 1.54) is 7.11 Å². The summed E-state index contributed by atoms with van der Waals surface area (Å²) in [5.41, 5.74) is 1.04. The molecule has 0 radical (unpaired) electrons. The first kappa shape index (κ1) is 15.8. The third kappa shape index (κ3) is 3.96. The summed E-state index contributed by atoms with van der Waals surface area (Å²) in [6.45, 7) is 0. The fourth-order valence-electron chi connectivity index (χ4n) is 1.67. The molecule has 0 spiro atoms. The molecule has 0 aliphatic carbocycles. The van der Waals surface area contributed by atoms with Crippen LogP contribution in [-0.2, 0) is 14.8 Å². The van der Waals surface area contributed by atoms with Crippen LogP contribution >= 0.6 is 22.9 Å². The zero-order valence-electron chi connectivity index (χ0n) is 11.2. The van der Waals surface area contributed by atoms with Crippen LogP contribution in [0.1, 0.15) is 9.67 Å². The number of esters is 1. The number of thiophene rings is 1. The number of benzene rings is 1. The molecular formula is C13H12ClNO4S2. The number of carbonyl (C=O) groups is 1.